The van der Waals surface area contributed by atoms with Crippen LogP contribution in [0.5, 0.6) is 0 Å². The fourth-order valence-corrected chi connectivity index (χ4v) is 3.53. The van der Waals surface area contributed by atoms with Gasteiger partial charge in [-0.15, -0.1) is 0 Å². The molecule has 3 heterocycles. The summed E-state index contributed by atoms with van der Waals surface area (Å²) in [6.45, 7) is 8.23. The summed E-state index contributed by atoms with van der Waals surface area (Å²) in [6, 6.07) is 7.41. The molecule has 8 nitrogen and oxygen atoms in total. The zero-order valence-corrected chi connectivity index (χ0v) is 17.3. The predicted molar refractivity (Wildman–Crippen MR) is 113 cm³/mol. The minimum atomic E-state index is -0.246. The quantitative estimate of drug-likeness (QED) is 0.482. The van der Waals surface area contributed by atoms with Crippen molar-refractivity contribution >= 4 is 22.6 Å². The average molecular weight is 391 g/mol. The van der Waals surface area contributed by atoms with Gasteiger partial charge in [-0.1, -0.05) is 13.8 Å². The number of aromatic amines is 2. The Balaban J connectivity index is 1.54. The van der Waals surface area contributed by atoms with Gasteiger partial charge in [0.1, 0.15) is 11.5 Å². The Labute approximate surface area is 168 Å². The third-order valence-electron chi connectivity index (χ3n) is 4.98. The van der Waals surface area contributed by atoms with Crippen molar-refractivity contribution in [2.75, 3.05) is 5.32 Å². The maximum atomic E-state index is 12.7. The zero-order chi connectivity index (χ0) is 20.7. The molecule has 29 heavy (non-hydrogen) atoms. The molecule has 0 unspecified atom stereocenters. The number of anilines is 1. The minimum absolute atomic E-state index is 0.246. The maximum absolute atomic E-state index is 12.7. The molecule has 0 saturated heterocycles. The third-order valence-corrected chi connectivity index (χ3v) is 4.98. The molecule has 0 bridgehead atoms. The highest BCUT2D eigenvalue weighted by molar-refractivity contribution is 6.04. The Morgan fingerprint density at radius 3 is 2.72 bits per heavy atom. The molecule has 0 fully saturated rings. The monoisotopic (exact) mass is 391 g/mol. The lowest BCUT2D eigenvalue weighted by molar-refractivity contribution is 0.102. The Hall–Kier alpha value is -3.42. The Morgan fingerprint density at radius 2 is 2.03 bits per heavy atom. The van der Waals surface area contributed by atoms with E-state index in [1.165, 1.54) is 0 Å². The number of aryl methyl sites for hydroxylation is 2. The molecule has 4 rings (SSSR count). The number of amides is 1. The molecule has 0 atom stereocenters. The molecule has 150 valence electrons. The lowest BCUT2D eigenvalue weighted by atomic mass is 10.1. The van der Waals surface area contributed by atoms with E-state index in [4.69, 9.17) is 0 Å². The number of hydrogen-bond donors (Lipinski definition) is 3. The molecule has 0 radical (unpaired) electrons. The Morgan fingerprint density at radius 1 is 1.24 bits per heavy atom. The highest BCUT2D eigenvalue weighted by Gasteiger charge is 2.17. The van der Waals surface area contributed by atoms with E-state index in [9.17, 15) is 4.79 Å². The third kappa shape index (κ3) is 3.65. The molecule has 0 aliphatic rings. The highest BCUT2D eigenvalue weighted by Crippen LogP contribution is 2.25. The molecular weight excluding hydrogens is 366 g/mol. The first-order valence-electron chi connectivity index (χ1n) is 9.67. The van der Waals surface area contributed by atoms with Crippen molar-refractivity contribution < 1.29 is 4.79 Å². The van der Waals surface area contributed by atoms with Crippen LogP contribution in [0, 0.1) is 19.8 Å². The molecule has 8 heteroatoms. The Bertz CT molecular complexity index is 1200. The summed E-state index contributed by atoms with van der Waals surface area (Å²) in [5.41, 5.74) is 6.43. The van der Waals surface area contributed by atoms with E-state index in [1.807, 2.05) is 43.8 Å². The Kier molecular flexibility index (Phi) is 4.70. The van der Waals surface area contributed by atoms with Crippen molar-refractivity contribution in [1.82, 2.24) is 29.9 Å². The molecule has 1 aromatic carbocycles. The van der Waals surface area contributed by atoms with Crippen LogP contribution < -0.4 is 5.32 Å². The molecule has 3 N–H and O–H groups in total. The largest absolute Gasteiger partial charge is 0.342 e. The van der Waals surface area contributed by atoms with E-state index in [1.54, 1.807) is 6.07 Å². The van der Waals surface area contributed by atoms with Gasteiger partial charge in [-0.3, -0.25) is 14.6 Å². The number of aromatic nitrogens is 6. The van der Waals surface area contributed by atoms with Crippen LogP contribution in [-0.4, -0.2) is 35.9 Å². The van der Waals surface area contributed by atoms with Crippen LogP contribution in [0.2, 0.25) is 0 Å². The smallest absolute Gasteiger partial charge is 0.273 e. The molecule has 4 aromatic rings. The van der Waals surface area contributed by atoms with Gasteiger partial charge in [0.05, 0.1) is 22.4 Å². The van der Waals surface area contributed by atoms with Gasteiger partial charge >= 0.3 is 0 Å². The molecule has 3 aromatic heterocycles. The van der Waals surface area contributed by atoms with Gasteiger partial charge in [0.15, 0.2) is 0 Å². The van der Waals surface area contributed by atoms with Crippen molar-refractivity contribution in [3.05, 3.63) is 47.2 Å². The number of nitrogens with one attached hydrogen (secondary N) is 3. The summed E-state index contributed by atoms with van der Waals surface area (Å²) in [7, 11) is 1.89. The number of carbonyl (C=O) groups is 1. The summed E-state index contributed by atoms with van der Waals surface area (Å²) >= 11 is 0. The maximum Gasteiger partial charge on any atom is 0.273 e. The molecular formula is C21H25N7O. The lowest BCUT2D eigenvalue weighted by Gasteiger charge is -2.03. The van der Waals surface area contributed by atoms with Gasteiger partial charge in [0.25, 0.3) is 5.91 Å². The van der Waals surface area contributed by atoms with Gasteiger partial charge in [-0.05, 0) is 44.0 Å². The van der Waals surface area contributed by atoms with E-state index in [0.29, 0.717) is 23.0 Å². The summed E-state index contributed by atoms with van der Waals surface area (Å²) < 4.78 is 1.81. The van der Waals surface area contributed by atoms with Crippen LogP contribution in [0.25, 0.3) is 22.3 Å². The van der Waals surface area contributed by atoms with E-state index < -0.39 is 0 Å². The van der Waals surface area contributed by atoms with Crippen molar-refractivity contribution in [2.45, 2.75) is 34.1 Å². The van der Waals surface area contributed by atoms with Crippen molar-refractivity contribution in [1.29, 1.82) is 0 Å². The normalized spacial score (nSPS) is 11.5. The summed E-state index contributed by atoms with van der Waals surface area (Å²) in [4.78, 5) is 20.6. The molecule has 0 aliphatic heterocycles. The molecule has 0 spiro atoms. The van der Waals surface area contributed by atoms with E-state index in [0.717, 1.165) is 40.2 Å². The van der Waals surface area contributed by atoms with Crippen LogP contribution in [0.3, 0.4) is 0 Å². The van der Waals surface area contributed by atoms with E-state index in [-0.39, 0.29) is 5.91 Å². The molecule has 1 amide bonds. The topological polar surface area (TPSA) is 104 Å². The summed E-state index contributed by atoms with van der Waals surface area (Å²) in [6.07, 6.45) is 0.889. The highest BCUT2D eigenvalue weighted by atomic mass is 16.1. The first-order valence-corrected chi connectivity index (χ1v) is 9.67. The van der Waals surface area contributed by atoms with Crippen LogP contribution >= 0.6 is 0 Å². The van der Waals surface area contributed by atoms with Crippen LogP contribution in [0.1, 0.15) is 41.5 Å². The number of nitrogens with zero attached hydrogens (tertiary/aromatic N) is 4. The van der Waals surface area contributed by atoms with Crippen molar-refractivity contribution in [3.8, 4) is 11.3 Å². The number of H-pyrrole nitrogens is 2. The SMILES string of the molecule is Cc1nn(C)c(C)c1-c1cc(C(=O)Nc2ccc3nc(CC(C)C)[nH]c3c2)[nH]n1. The molecule has 0 aliphatic carbocycles. The average Bonchev–Trinajstić information content (AvgIpc) is 3.32. The van der Waals surface area contributed by atoms with Gasteiger partial charge in [-0.2, -0.15) is 10.2 Å². The van der Waals surface area contributed by atoms with Crippen LogP contribution in [0.4, 0.5) is 5.69 Å². The second kappa shape index (κ2) is 7.20. The lowest BCUT2D eigenvalue weighted by Crippen LogP contribution is -2.12. The first-order chi connectivity index (χ1) is 13.8. The van der Waals surface area contributed by atoms with Crippen molar-refractivity contribution in [3.63, 3.8) is 0 Å². The number of carbonyl (C=O) groups excluding carboxylic acids is 1. The number of hydrogen-bond acceptors (Lipinski definition) is 4. The van der Waals surface area contributed by atoms with Crippen LogP contribution in [-0.2, 0) is 13.5 Å². The van der Waals surface area contributed by atoms with Crippen LogP contribution in [0.15, 0.2) is 24.3 Å². The van der Waals surface area contributed by atoms with Gasteiger partial charge < -0.3 is 10.3 Å². The summed E-state index contributed by atoms with van der Waals surface area (Å²) in [5.74, 6) is 1.24. The number of rotatable bonds is 5. The van der Waals surface area contributed by atoms with E-state index >= 15 is 0 Å². The number of fused-ring (bicyclic) bond motifs is 1. The second-order valence-corrected chi connectivity index (χ2v) is 7.80. The van der Waals surface area contributed by atoms with Gasteiger partial charge in [0, 0.05) is 30.4 Å². The van der Waals surface area contributed by atoms with Gasteiger partial charge in [-0.25, -0.2) is 4.98 Å². The zero-order valence-electron chi connectivity index (χ0n) is 17.3. The predicted octanol–water partition coefficient (Wildman–Crippen LogP) is 3.75. The first kappa shape index (κ1) is 18.9. The second-order valence-electron chi connectivity index (χ2n) is 7.80. The number of imidazole rings is 1. The van der Waals surface area contributed by atoms with Gasteiger partial charge in [0.2, 0.25) is 0 Å². The van der Waals surface area contributed by atoms with E-state index in [2.05, 4.69) is 44.4 Å². The standard InChI is InChI=1S/C21H25N7O/c1-11(2)8-19-23-15-7-6-14(9-16(15)24-19)22-21(29)18-10-17(25-26-18)20-12(3)27-28(5)13(20)4/h6-7,9-11H,8H2,1-5H3,(H,22,29)(H,23,24)(H,25,26). The summed E-state index contributed by atoms with van der Waals surface area (Å²) in [5, 5.41) is 14.5. The van der Waals surface area contributed by atoms with Crippen molar-refractivity contribution in [2.24, 2.45) is 13.0 Å². The fraction of sp³-hybridized carbons (Fsp3) is 0.333. The minimum Gasteiger partial charge on any atom is -0.342 e. The molecule has 0 saturated carbocycles. The number of benzene rings is 1. The fourth-order valence-electron chi connectivity index (χ4n) is 3.53.